The normalized spacial score (nSPS) is 15.7. The number of anilines is 1. The van der Waals surface area contributed by atoms with Crippen LogP contribution in [0.3, 0.4) is 0 Å². The Kier molecular flexibility index (Phi) is 7.29. The average molecular weight is 477 g/mol. The molecule has 2 heterocycles. The molecule has 32 heavy (non-hydrogen) atoms. The number of nitrogens with one attached hydrogen (secondary N) is 1. The molecular formula is C22H22ClFN4O3S. The SMILES string of the molecule is COc1ccc(NC(=O)c2c(CSc3ccc(F)cc3)nnn2CC2CCCO2)cc1Cl. The van der Waals surface area contributed by atoms with Crippen molar-refractivity contribution in [3.05, 3.63) is 64.7 Å². The van der Waals surface area contributed by atoms with E-state index in [1.165, 1.54) is 31.0 Å². The van der Waals surface area contributed by atoms with Crippen LogP contribution in [-0.4, -0.2) is 40.7 Å². The van der Waals surface area contributed by atoms with Gasteiger partial charge in [-0.05, 0) is 55.3 Å². The summed E-state index contributed by atoms with van der Waals surface area (Å²) in [6.45, 7) is 1.15. The molecule has 1 aliphatic rings. The lowest BCUT2D eigenvalue weighted by Gasteiger charge is -2.13. The van der Waals surface area contributed by atoms with Crippen molar-refractivity contribution in [3.8, 4) is 5.75 Å². The Labute approximate surface area is 194 Å². The van der Waals surface area contributed by atoms with Crippen LogP contribution in [0.5, 0.6) is 5.75 Å². The summed E-state index contributed by atoms with van der Waals surface area (Å²) in [6.07, 6.45) is 1.89. The zero-order chi connectivity index (χ0) is 22.5. The lowest BCUT2D eigenvalue weighted by atomic mass is 10.2. The predicted molar refractivity (Wildman–Crippen MR) is 121 cm³/mol. The van der Waals surface area contributed by atoms with Crippen molar-refractivity contribution in [2.75, 3.05) is 19.0 Å². The van der Waals surface area contributed by atoms with Gasteiger partial charge in [0.2, 0.25) is 0 Å². The van der Waals surface area contributed by atoms with Crippen LogP contribution in [0, 0.1) is 5.82 Å². The van der Waals surface area contributed by atoms with Crippen molar-refractivity contribution in [1.82, 2.24) is 15.0 Å². The van der Waals surface area contributed by atoms with Gasteiger partial charge in [0, 0.05) is 22.9 Å². The Bertz CT molecular complexity index is 1090. The number of amides is 1. The maximum atomic E-state index is 13.2. The number of aromatic nitrogens is 3. The molecular weight excluding hydrogens is 455 g/mol. The standard InChI is InChI=1S/C22H22ClFN4O3S/c1-30-20-9-6-15(11-18(20)23)25-22(29)21-19(13-32-17-7-4-14(24)5-8-17)26-27-28(21)12-16-3-2-10-31-16/h4-9,11,16H,2-3,10,12-13H2,1H3,(H,25,29). The molecule has 1 fully saturated rings. The van der Waals surface area contributed by atoms with E-state index in [0.29, 0.717) is 46.8 Å². The van der Waals surface area contributed by atoms with E-state index in [-0.39, 0.29) is 17.8 Å². The molecule has 0 spiro atoms. The molecule has 3 aromatic rings. The van der Waals surface area contributed by atoms with Gasteiger partial charge < -0.3 is 14.8 Å². The lowest BCUT2D eigenvalue weighted by molar-refractivity contribution is 0.0899. The lowest BCUT2D eigenvalue weighted by Crippen LogP contribution is -2.24. The number of halogens is 2. The third kappa shape index (κ3) is 5.40. The van der Waals surface area contributed by atoms with Gasteiger partial charge in [0.15, 0.2) is 5.69 Å². The summed E-state index contributed by atoms with van der Waals surface area (Å²) in [4.78, 5) is 14.1. The number of benzene rings is 2. The van der Waals surface area contributed by atoms with Gasteiger partial charge in [-0.2, -0.15) is 0 Å². The van der Waals surface area contributed by atoms with Crippen LogP contribution in [0.4, 0.5) is 10.1 Å². The summed E-state index contributed by atoms with van der Waals surface area (Å²) in [6, 6.07) is 11.2. The Balaban J connectivity index is 1.56. The van der Waals surface area contributed by atoms with E-state index < -0.39 is 0 Å². The average Bonchev–Trinajstić information content (AvgIpc) is 3.44. The minimum atomic E-state index is -0.344. The quantitative estimate of drug-likeness (QED) is 0.470. The topological polar surface area (TPSA) is 78.3 Å². The molecule has 1 unspecified atom stereocenters. The molecule has 4 rings (SSSR count). The maximum absolute atomic E-state index is 13.2. The van der Waals surface area contributed by atoms with Gasteiger partial charge in [0.05, 0.1) is 24.8 Å². The van der Waals surface area contributed by atoms with Gasteiger partial charge in [0.1, 0.15) is 17.3 Å². The van der Waals surface area contributed by atoms with E-state index in [1.54, 1.807) is 35.0 Å². The van der Waals surface area contributed by atoms with E-state index in [4.69, 9.17) is 21.1 Å². The molecule has 1 N–H and O–H groups in total. The molecule has 0 radical (unpaired) electrons. The van der Waals surface area contributed by atoms with Crippen LogP contribution in [-0.2, 0) is 17.0 Å². The van der Waals surface area contributed by atoms with Crippen LogP contribution in [0.2, 0.25) is 5.02 Å². The number of rotatable bonds is 8. The molecule has 1 amide bonds. The zero-order valence-electron chi connectivity index (χ0n) is 17.4. The number of nitrogens with zero attached hydrogens (tertiary/aromatic N) is 3. The zero-order valence-corrected chi connectivity index (χ0v) is 19.0. The minimum absolute atomic E-state index is 0.00344. The number of carbonyl (C=O) groups excluding carboxylic acids is 1. The first kappa shape index (κ1) is 22.6. The first-order valence-electron chi connectivity index (χ1n) is 10.1. The van der Waals surface area contributed by atoms with Gasteiger partial charge in [0.25, 0.3) is 5.91 Å². The van der Waals surface area contributed by atoms with E-state index in [2.05, 4.69) is 15.6 Å². The van der Waals surface area contributed by atoms with Gasteiger partial charge in [-0.3, -0.25) is 4.79 Å². The maximum Gasteiger partial charge on any atom is 0.275 e. The summed E-state index contributed by atoms with van der Waals surface area (Å²) in [5.74, 6) is 0.286. The van der Waals surface area contributed by atoms with Crippen molar-refractivity contribution in [3.63, 3.8) is 0 Å². The highest BCUT2D eigenvalue weighted by atomic mass is 35.5. The Hall–Kier alpha value is -2.62. The summed E-state index contributed by atoms with van der Waals surface area (Å²) < 4.78 is 25.6. The number of hydrogen-bond donors (Lipinski definition) is 1. The van der Waals surface area contributed by atoms with Crippen LogP contribution >= 0.6 is 23.4 Å². The number of ether oxygens (including phenoxy) is 2. The second kappa shape index (κ2) is 10.3. The van der Waals surface area contributed by atoms with Crippen molar-refractivity contribution >= 4 is 35.0 Å². The summed E-state index contributed by atoms with van der Waals surface area (Å²) in [5.41, 5.74) is 1.43. The second-order valence-electron chi connectivity index (χ2n) is 7.25. The second-order valence-corrected chi connectivity index (χ2v) is 8.70. The van der Waals surface area contributed by atoms with Gasteiger partial charge in [-0.1, -0.05) is 16.8 Å². The number of hydrogen-bond acceptors (Lipinski definition) is 6. The minimum Gasteiger partial charge on any atom is -0.495 e. The van der Waals surface area contributed by atoms with Gasteiger partial charge in [-0.15, -0.1) is 16.9 Å². The molecule has 0 aliphatic carbocycles. The Morgan fingerprint density at radius 3 is 2.84 bits per heavy atom. The van der Waals surface area contributed by atoms with E-state index in [0.717, 1.165) is 17.7 Å². The Morgan fingerprint density at radius 1 is 1.34 bits per heavy atom. The van der Waals surface area contributed by atoms with E-state index in [9.17, 15) is 9.18 Å². The van der Waals surface area contributed by atoms with Gasteiger partial charge >= 0.3 is 0 Å². The summed E-state index contributed by atoms with van der Waals surface area (Å²) in [7, 11) is 1.53. The van der Waals surface area contributed by atoms with E-state index in [1.807, 2.05) is 0 Å². The fraction of sp³-hybridized carbons (Fsp3) is 0.318. The van der Waals surface area contributed by atoms with Crippen molar-refractivity contribution in [2.45, 2.75) is 36.1 Å². The molecule has 0 bridgehead atoms. The molecule has 0 saturated carbocycles. The first-order valence-corrected chi connectivity index (χ1v) is 11.5. The largest absolute Gasteiger partial charge is 0.495 e. The molecule has 1 saturated heterocycles. The predicted octanol–water partition coefficient (Wildman–Crippen LogP) is 4.80. The third-order valence-electron chi connectivity index (χ3n) is 5.02. The Morgan fingerprint density at radius 2 is 2.16 bits per heavy atom. The molecule has 168 valence electrons. The van der Waals surface area contributed by atoms with Crippen LogP contribution in [0.1, 0.15) is 29.0 Å². The highest BCUT2D eigenvalue weighted by Gasteiger charge is 2.25. The van der Waals surface area contributed by atoms with E-state index >= 15 is 0 Å². The van der Waals surface area contributed by atoms with Crippen LogP contribution < -0.4 is 10.1 Å². The molecule has 1 aliphatic heterocycles. The molecule has 1 aromatic heterocycles. The summed E-state index contributed by atoms with van der Waals surface area (Å²) in [5, 5.41) is 11.7. The highest BCUT2D eigenvalue weighted by molar-refractivity contribution is 7.98. The smallest absolute Gasteiger partial charge is 0.275 e. The number of thioether (sulfide) groups is 1. The van der Waals surface area contributed by atoms with Crippen LogP contribution in [0.15, 0.2) is 47.4 Å². The third-order valence-corrected chi connectivity index (χ3v) is 6.34. The molecule has 7 nitrogen and oxygen atoms in total. The summed E-state index contributed by atoms with van der Waals surface area (Å²) >= 11 is 7.64. The number of methoxy groups -OCH3 is 1. The monoisotopic (exact) mass is 476 g/mol. The fourth-order valence-electron chi connectivity index (χ4n) is 3.42. The van der Waals surface area contributed by atoms with Gasteiger partial charge in [-0.25, -0.2) is 9.07 Å². The number of carbonyl (C=O) groups is 1. The molecule has 10 heteroatoms. The van der Waals surface area contributed by atoms with Crippen molar-refractivity contribution in [1.29, 1.82) is 0 Å². The van der Waals surface area contributed by atoms with Crippen molar-refractivity contribution in [2.24, 2.45) is 0 Å². The highest BCUT2D eigenvalue weighted by Crippen LogP contribution is 2.28. The van der Waals surface area contributed by atoms with Crippen LogP contribution in [0.25, 0.3) is 0 Å². The first-order chi connectivity index (χ1) is 15.5. The fourth-order valence-corrected chi connectivity index (χ4v) is 4.50. The molecule has 1 atom stereocenters. The van der Waals surface area contributed by atoms with Crippen molar-refractivity contribution < 1.29 is 18.7 Å². The molecule has 2 aromatic carbocycles.